The van der Waals surface area contributed by atoms with E-state index in [1.54, 1.807) is 12.1 Å². The summed E-state index contributed by atoms with van der Waals surface area (Å²) in [6.07, 6.45) is -0.116. The fourth-order valence-corrected chi connectivity index (χ4v) is 2.34. The molecule has 0 heterocycles. The zero-order valence-corrected chi connectivity index (χ0v) is 13.0. The number of benzene rings is 2. The lowest BCUT2D eigenvalue weighted by atomic mass is 10.00. The van der Waals surface area contributed by atoms with E-state index in [0.29, 0.717) is 29.7 Å². The number of aryl methyl sites for hydroxylation is 1. The van der Waals surface area contributed by atoms with E-state index < -0.39 is 6.10 Å². The van der Waals surface area contributed by atoms with Gasteiger partial charge in [-0.15, -0.1) is 0 Å². The van der Waals surface area contributed by atoms with Gasteiger partial charge in [-0.1, -0.05) is 6.07 Å². The number of aromatic hydroxyl groups is 3. The molecule has 23 heavy (non-hydrogen) atoms. The number of aliphatic hydroxyl groups excluding tert-OH is 1. The first-order chi connectivity index (χ1) is 11.0. The van der Waals surface area contributed by atoms with Crippen molar-refractivity contribution in [3.63, 3.8) is 0 Å². The maximum Gasteiger partial charge on any atom is 0.161 e. The van der Waals surface area contributed by atoms with E-state index in [4.69, 9.17) is 9.47 Å². The Balaban J connectivity index is 2.10. The van der Waals surface area contributed by atoms with Crippen LogP contribution in [0.5, 0.6) is 28.7 Å². The number of hydrogen-bond donors (Lipinski definition) is 4. The molecular formula is C17H20O6. The van der Waals surface area contributed by atoms with Gasteiger partial charge in [0.25, 0.3) is 0 Å². The number of ether oxygens (including phenoxy) is 2. The van der Waals surface area contributed by atoms with Crippen LogP contribution in [0.4, 0.5) is 0 Å². The molecule has 2 rings (SSSR count). The Morgan fingerprint density at radius 2 is 1.52 bits per heavy atom. The molecule has 0 spiro atoms. The molecule has 0 amide bonds. The molecule has 0 aliphatic heterocycles. The van der Waals surface area contributed by atoms with Crippen LogP contribution in [-0.4, -0.2) is 34.6 Å². The van der Waals surface area contributed by atoms with Crippen LogP contribution < -0.4 is 9.47 Å². The predicted molar refractivity (Wildman–Crippen MR) is 84.3 cm³/mol. The minimum absolute atomic E-state index is 0.0433. The zero-order chi connectivity index (χ0) is 17.0. The summed E-state index contributed by atoms with van der Waals surface area (Å²) < 4.78 is 9.96. The van der Waals surface area contributed by atoms with Crippen molar-refractivity contribution >= 4 is 0 Å². The molecule has 0 aliphatic carbocycles. The molecule has 124 valence electrons. The Kier molecular flexibility index (Phi) is 5.18. The van der Waals surface area contributed by atoms with Crippen molar-refractivity contribution in [2.45, 2.75) is 18.9 Å². The van der Waals surface area contributed by atoms with Crippen molar-refractivity contribution in [3.8, 4) is 28.7 Å². The van der Waals surface area contributed by atoms with E-state index >= 15 is 0 Å². The summed E-state index contributed by atoms with van der Waals surface area (Å²) in [5.41, 5.74) is 1.10. The lowest BCUT2D eigenvalue weighted by Gasteiger charge is -2.14. The van der Waals surface area contributed by atoms with Crippen molar-refractivity contribution in [2.75, 3.05) is 14.2 Å². The summed E-state index contributed by atoms with van der Waals surface area (Å²) in [6, 6.07) is 7.43. The normalized spacial score (nSPS) is 12.0. The van der Waals surface area contributed by atoms with Gasteiger partial charge in [-0.3, -0.25) is 0 Å². The van der Waals surface area contributed by atoms with Gasteiger partial charge < -0.3 is 29.9 Å². The van der Waals surface area contributed by atoms with E-state index in [1.165, 1.54) is 32.4 Å². The summed E-state index contributed by atoms with van der Waals surface area (Å²) in [4.78, 5) is 0. The first kappa shape index (κ1) is 16.8. The molecule has 0 aliphatic rings. The van der Waals surface area contributed by atoms with Crippen molar-refractivity contribution in [1.82, 2.24) is 0 Å². The number of aliphatic hydroxyl groups is 1. The van der Waals surface area contributed by atoms with Gasteiger partial charge in [-0.25, -0.2) is 0 Å². The molecule has 2 aromatic carbocycles. The summed E-state index contributed by atoms with van der Waals surface area (Å²) in [5.74, 6) is 0.344. The third kappa shape index (κ3) is 3.78. The van der Waals surface area contributed by atoms with Crippen LogP contribution in [0.2, 0.25) is 0 Å². The van der Waals surface area contributed by atoms with Crippen molar-refractivity contribution in [2.24, 2.45) is 0 Å². The summed E-state index contributed by atoms with van der Waals surface area (Å²) >= 11 is 0. The highest BCUT2D eigenvalue weighted by atomic mass is 16.5. The Bertz CT molecular complexity index is 683. The van der Waals surface area contributed by atoms with Crippen LogP contribution in [-0.2, 0) is 6.42 Å². The monoisotopic (exact) mass is 320 g/mol. The lowest BCUT2D eigenvalue weighted by molar-refractivity contribution is 0.167. The Labute approximate surface area is 134 Å². The van der Waals surface area contributed by atoms with Crippen molar-refractivity contribution in [1.29, 1.82) is 0 Å². The van der Waals surface area contributed by atoms with Gasteiger partial charge in [-0.05, 0) is 42.2 Å². The Hall–Kier alpha value is -2.60. The van der Waals surface area contributed by atoms with E-state index in [1.807, 2.05) is 0 Å². The number of phenols is 3. The number of rotatable bonds is 6. The maximum atomic E-state index is 10.2. The van der Waals surface area contributed by atoms with Crippen LogP contribution in [0.1, 0.15) is 23.7 Å². The Morgan fingerprint density at radius 3 is 2.13 bits per heavy atom. The highest BCUT2D eigenvalue weighted by molar-refractivity contribution is 5.49. The minimum atomic E-state index is -0.814. The quantitative estimate of drug-likeness (QED) is 0.652. The zero-order valence-electron chi connectivity index (χ0n) is 13.0. The topological polar surface area (TPSA) is 99.4 Å². The average molecular weight is 320 g/mol. The van der Waals surface area contributed by atoms with Gasteiger partial charge >= 0.3 is 0 Å². The summed E-state index contributed by atoms with van der Waals surface area (Å²) in [7, 11) is 2.87. The lowest BCUT2D eigenvalue weighted by Crippen LogP contribution is -2.00. The van der Waals surface area contributed by atoms with E-state index in [-0.39, 0.29) is 23.0 Å². The highest BCUT2D eigenvalue weighted by Gasteiger charge is 2.14. The molecule has 6 nitrogen and oxygen atoms in total. The second-order valence-electron chi connectivity index (χ2n) is 5.14. The fourth-order valence-electron chi connectivity index (χ4n) is 2.34. The Morgan fingerprint density at radius 1 is 0.870 bits per heavy atom. The summed E-state index contributed by atoms with van der Waals surface area (Å²) in [5, 5.41) is 39.4. The molecule has 0 bridgehead atoms. The molecule has 0 aromatic heterocycles. The van der Waals surface area contributed by atoms with Gasteiger partial charge in [-0.2, -0.15) is 0 Å². The first-order valence-electron chi connectivity index (χ1n) is 7.10. The molecule has 0 radical (unpaired) electrons. The predicted octanol–water partition coefficient (Wildman–Crippen LogP) is 2.49. The standard InChI is InChI=1S/C17H20O6/c1-22-16-6-4-10(7-14(16)20)12(18)5-3-11-8-17(23-2)15(21)9-13(11)19/h4,6-9,12,18-21H,3,5H2,1-2H3/t12-/m0/s1. The third-order valence-electron chi connectivity index (χ3n) is 3.65. The van der Waals surface area contributed by atoms with Crippen molar-refractivity contribution < 1.29 is 29.9 Å². The second kappa shape index (κ2) is 7.11. The van der Waals surface area contributed by atoms with Crippen LogP contribution in [0.25, 0.3) is 0 Å². The molecule has 1 atom stereocenters. The highest BCUT2D eigenvalue weighted by Crippen LogP contribution is 2.35. The largest absolute Gasteiger partial charge is 0.508 e. The third-order valence-corrected chi connectivity index (χ3v) is 3.65. The molecule has 0 fully saturated rings. The SMILES string of the molecule is COc1ccc([C@@H](O)CCc2cc(OC)c(O)cc2O)cc1O. The van der Waals surface area contributed by atoms with E-state index in [0.717, 1.165) is 0 Å². The van der Waals surface area contributed by atoms with Gasteiger partial charge in [0.2, 0.25) is 0 Å². The molecule has 6 heteroatoms. The van der Waals surface area contributed by atoms with Gasteiger partial charge in [0.05, 0.1) is 20.3 Å². The molecule has 0 unspecified atom stereocenters. The van der Waals surface area contributed by atoms with Gasteiger partial charge in [0.1, 0.15) is 5.75 Å². The average Bonchev–Trinajstić information content (AvgIpc) is 2.53. The number of phenolic OH excluding ortho intramolecular Hbond substituents is 3. The first-order valence-corrected chi connectivity index (χ1v) is 7.10. The molecule has 4 N–H and O–H groups in total. The van der Waals surface area contributed by atoms with Crippen LogP contribution >= 0.6 is 0 Å². The van der Waals surface area contributed by atoms with Gasteiger partial charge in [0, 0.05) is 6.07 Å². The summed E-state index contributed by atoms with van der Waals surface area (Å²) in [6.45, 7) is 0. The van der Waals surface area contributed by atoms with Gasteiger partial charge in [0.15, 0.2) is 23.0 Å². The van der Waals surface area contributed by atoms with E-state index in [2.05, 4.69) is 0 Å². The fraction of sp³-hybridized carbons (Fsp3) is 0.294. The second-order valence-corrected chi connectivity index (χ2v) is 5.14. The van der Waals surface area contributed by atoms with E-state index in [9.17, 15) is 20.4 Å². The van der Waals surface area contributed by atoms with Crippen LogP contribution in [0.15, 0.2) is 30.3 Å². The van der Waals surface area contributed by atoms with Crippen molar-refractivity contribution in [3.05, 3.63) is 41.5 Å². The van der Waals surface area contributed by atoms with Crippen LogP contribution in [0, 0.1) is 0 Å². The smallest absolute Gasteiger partial charge is 0.161 e. The number of methoxy groups -OCH3 is 2. The van der Waals surface area contributed by atoms with Crippen LogP contribution in [0.3, 0.4) is 0 Å². The number of hydrogen-bond acceptors (Lipinski definition) is 6. The maximum absolute atomic E-state index is 10.2. The molecule has 0 saturated carbocycles. The molecular weight excluding hydrogens is 300 g/mol. The minimum Gasteiger partial charge on any atom is -0.508 e. The molecule has 2 aromatic rings. The molecule has 0 saturated heterocycles.